The van der Waals surface area contributed by atoms with Gasteiger partial charge in [0.15, 0.2) is 0 Å². The summed E-state index contributed by atoms with van der Waals surface area (Å²) in [6.45, 7) is 0. The molecule has 2 nitrogen and oxygen atoms in total. The Morgan fingerprint density at radius 2 is 1.09 bits per heavy atom. The highest BCUT2D eigenvalue weighted by atomic mass is 15.1. The Bertz CT molecular complexity index is 2940. The van der Waals surface area contributed by atoms with Crippen LogP contribution in [0.15, 0.2) is 194 Å². The molecule has 0 saturated carbocycles. The fourth-order valence-corrected chi connectivity index (χ4v) is 8.96. The number of nitrogens with zero attached hydrogens (tertiary/aromatic N) is 2. The quantitative estimate of drug-likeness (QED) is 0.175. The third-order valence-corrected chi connectivity index (χ3v) is 11.4. The molecule has 0 spiro atoms. The zero-order valence-corrected chi connectivity index (χ0v) is 29.8. The van der Waals surface area contributed by atoms with Gasteiger partial charge in [-0.05, 0) is 129 Å². The van der Waals surface area contributed by atoms with Gasteiger partial charge in [-0.1, -0.05) is 133 Å². The number of para-hydroxylation sites is 2. The molecule has 0 atom stereocenters. The molecule has 0 unspecified atom stereocenters. The Morgan fingerprint density at radius 3 is 1.87 bits per heavy atom. The second-order valence-corrected chi connectivity index (χ2v) is 14.4. The maximum absolute atomic E-state index is 2.48. The van der Waals surface area contributed by atoms with E-state index in [0.29, 0.717) is 0 Å². The Morgan fingerprint density at radius 1 is 0.444 bits per heavy atom. The summed E-state index contributed by atoms with van der Waals surface area (Å²) in [6, 6.07) is 66.7. The van der Waals surface area contributed by atoms with Crippen LogP contribution in [0.2, 0.25) is 0 Å². The van der Waals surface area contributed by atoms with Crippen LogP contribution in [0, 0.1) is 0 Å². The van der Waals surface area contributed by atoms with E-state index in [1.807, 2.05) is 0 Å². The van der Waals surface area contributed by atoms with Crippen molar-refractivity contribution in [2.75, 3.05) is 4.90 Å². The molecule has 1 aromatic heterocycles. The molecule has 54 heavy (non-hydrogen) atoms. The molecule has 11 rings (SSSR count). The summed E-state index contributed by atoms with van der Waals surface area (Å²) in [5.41, 5.74) is 17.4. The normalized spacial score (nSPS) is 13.3. The minimum absolute atomic E-state index is 1.05. The van der Waals surface area contributed by atoms with Crippen LogP contribution in [-0.4, -0.2) is 4.57 Å². The summed E-state index contributed by atoms with van der Waals surface area (Å²) >= 11 is 0. The number of benzene rings is 8. The van der Waals surface area contributed by atoms with Crippen LogP contribution in [0.5, 0.6) is 0 Å². The Balaban J connectivity index is 1.17. The second kappa shape index (κ2) is 12.4. The van der Waals surface area contributed by atoms with Crippen LogP contribution in [0.1, 0.15) is 24.0 Å². The summed E-state index contributed by atoms with van der Waals surface area (Å²) in [6.07, 6.45) is 6.84. The Kier molecular flexibility index (Phi) is 7.03. The molecule has 0 saturated heterocycles. The van der Waals surface area contributed by atoms with Gasteiger partial charge in [-0.2, -0.15) is 0 Å². The molecule has 0 bridgehead atoms. The van der Waals surface area contributed by atoms with Crippen LogP contribution in [0.3, 0.4) is 0 Å². The zero-order chi connectivity index (χ0) is 35.6. The maximum atomic E-state index is 2.48. The van der Waals surface area contributed by atoms with Gasteiger partial charge in [0.25, 0.3) is 0 Å². The van der Waals surface area contributed by atoms with Crippen molar-refractivity contribution in [3.8, 4) is 27.9 Å². The predicted octanol–water partition coefficient (Wildman–Crippen LogP) is 14.3. The minimum Gasteiger partial charge on any atom is -0.310 e. The average molecular weight is 689 g/mol. The van der Waals surface area contributed by atoms with Crippen molar-refractivity contribution >= 4 is 60.8 Å². The first-order valence-electron chi connectivity index (χ1n) is 18.9. The maximum Gasteiger partial charge on any atom is 0.0561 e. The van der Waals surface area contributed by atoms with Gasteiger partial charge in [0.2, 0.25) is 0 Å². The molecule has 2 aliphatic rings. The number of anilines is 3. The molecule has 0 N–H and O–H groups in total. The number of hydrogen-bond acceptors (Lipinski definition) is 1. The fourth-order valence-electron chi connectivity index (χ4n) is 8.96. The third-order valence-electron chi connectivity index (χ3n) is 11.4. The average Bonchev–Trinajstić information content (AvgIpc) is 3.50. The zero-order valence-electron chi connectivity index (χ0n) is 29.8. The summed E-state index contributed by atoms with van der Waals surface area (Å²) in [4.78, 5) is 2.37. The highest BCUT2D eigenvalue weighted by Crippen LogP contribution is 2.49. The second-order valence-electron chi connectivity index (χ2n) is 14.4. The van der Waals surface area contributed by atoms with Crippen LogP contribution >= 0.6 is 0 Å². The highest BCUT2D eigenvalue weighted by Gasteiger charge is 2.26. The summed E-state index contributed by atoms with van der Waals surface area (Å²) in [7, 11) is 0. The van der Waals surface area contributed by atoms with E-state index in [4.69, 9.17) is 0 Å². The molecule has 1 heterocycles. The third kappa shape index (κ3) is 4.81. The van der Waals surface area contributed by atoms with Crippen molar-refractivity contribution in [2.24, 2.45) is 0 Å². The van der Waals surface area contributed by atoms with Crippen molar-refractivity contribution in [1.82, 2.24) is 4.57 Å². The first-order chi connectivity index (χ1) is 26.8. The van der Waals surface area contributed by atoms with E-state index in [9.17, 15) is 0 Å². The van der Waals surface area contributed by atoms with Gasteiger partial charge in [0.05, 0.1) is 11.0 Å². The van der Waals surface area contributed by atoms with Crippen LogP contribution in [0.25, 0.3) is 71.7 Å². The lowest BCUT2D eigenvalue weighted by Crippen LogP contribution is -2.10. The summed E-state index contributed by atoms with van der Waals surface area (Å²) < 4.78 is 2.47. The van der Waals surface area contributed by atoms with Crippen molar-refractivity contribution < 1.29 is 0 Å². The number of aromatic nitrogens is 1. The van der Waals surface area contributed by atoms with Crippen LogP contribution < -0.4 is 4.90 Å². The predicted molar refractivity (Wildman–Crippen MR) is 229 cm³/mol. The number of hydrogen-bond donors (Lipinski definition) is 0. The minimum atomic E-state index is 1.05. The van der Waals surface area contributed by atoms with Crippen molar-refractivity contribution in [2.45, 2.75) is 12.8 Å². The topological polar surface area (TPSA) is 8.17 Å². The Labute approximate surface area is 315 Å². The lowest BCUT2D eigenvalue weighted by molar-refractivity contribution is 1.06. The SMILES string of the molecule is C1=CC2=C(CC1)c1cccc3cccc(c13)-c1cc3c4ccc(N(c5ccccc5)c5ccc(-c6ccccc6)cc5)cc4n(-c4ccccc4)c3cc12. The monoisotopic (exact) mass is 688 g/mol. The molecule has 0 aliphatic heterocycles. The first-order valence-corrected chi connectivity index (χ1v) is 18.9. The van der Waals surface area contributed by atoms with Crippen molar-refractivity contribution in [3.05, 3.63) is 205 Å². The van der Waals surface area contributed by atoms with E-state index in [-0.39, 0.29) is 0 Å². The number of allylic oxidation sites excluding steroid dienone is 4. The van der Waals surface area contributed by atoms with E-state index in [0.717, 1.165) is 35.6 Å². The van der Waals surface area contributed by atoms with Gasteiger partial charge in [-0.25, -0.2) is 0 Å². The van der Waals surface area contributed by atoms with Crippen LogP contribution in [0.4, 0.5) is 17.1 Å². The Hall–Kier alpha value is -6.90. The first kappa shape index (κ1) is 30.7. The van der Waals surface area contributed by atoms with E-state index in [1.165, 1.54) is 77.1 Å². The van der Waals surface area contributed by atoms with Crippen molar-refractivity contribution in [3.63, 3.8) is 0 Å². The summed E-state index contributed by atoms with van der Waals surface area (Å²) in [5.74, 6) is 0. The van der Waals surface area contributed by atoms with Gasteiger partial charge in [-0.15, -0.1) is 0 Å². The van der Waals surface area contributed by atoms with Crippen LogP contribution in [-0.2, 0) is 0 Å². The van der Waals surface area contributed by atoms with Gasteiger partial charge in [0, 0.05) is 33.5 Å². The van der Waals surface area contributed by atoms with Gasteiger partial charge in [0.1, 0.15) is 0 Å². The molecule has 9 aromatic rings. The smallest absolute Gasteiger partial charge is 0.0561 e. The summed E-state index contributed by atoms with van der Waals surface area (Å²) in [5, 5.41) is 5.17. The molecular weight excluding hydrogens is 653 g/mol. The standard InChI is InChI=1S/C52H36N2/c1-4-14-35(15-5-1)36-26-28-40(29-27-36)53(38-18-6-2-7-19-38)41-30-31-44-49-33-47-46-25-13-17-37-16-12-24-45(52(37)46)42-22-10-11-23-43(42)48(47)34-51(49)54(50(44)32-41)39-20-8-3-9-21-39/h1-9,11-21,23-34H,10,22H2. The molecule has 2 heteroatoms. The van der Waals surface area contributed by atoms with Gasteiger partial charge >= 0.3 is 0 Å². The van der Waals surface area contributed by atoms with E-state index in [1.54, 1.807) is 0 Å². The molecular formula is C52H36N2. The number of fused-ring (bicyclic) bond motifs is 7. The van der Waals surface area contributed by atoms with Crippen molar-refractivity contribution in [1.29, 1.82) is 0 Å². The van der Waals surface area contributed by atoms with E-state index >= 15 is 0 Å². The van der Waals surface area contributed by atoms with Gasteiger partial charge in [-0.3, -0.25) is 0 Å². The molecule has 8 aromatic carbocycles. The lowest BCUT2D eigenvalue weighted by atomic mass is 9.87. The van der Waals surface area contributed by atoms with Gasteiger partial charge < -0.3 is 9.47 Å². The lowest BCUT2D eigenvalue weighted by Gasteiger charge is -2.26. The molecule has 0 fully saturated rings. The molecule has 254 valence electrons. The molecule has 0 radical (unpaired) electrons. The fraction of sp³-hybridized carbons (Fsp3) is 0.0385. The van der Waals surface area contributed by atoms with E-state index in [2.05, 4.69) is 204 Å². The molecule has 0 amide bonds. The molecule has 2 aliphatic carbocycles. The number of rotatable bonds is 5. The van der Waals surface area contributed by atoms with E-state index < -0.39 is 0 Å². The highest BCUT2D eigenvalue weighted by molar-refractivity contribution is 6.19. The largest absolute Gasteiger partial charge is 0.310 e.